The first kappa shape index (κ1) is 17.7. The Bertz CT molecular complexity index is 985. The molecule has 1 aliphatic rings. The van der Waals surface area contributed by atoms with Crippen molar-refractivity contribution in [2.24, 2.45) is 0 Å². The highest BCUT2D eigenvalue weighted by atomic mass is 16.2. The highest BCUT2D eigenvalue weighted by molar-refractivity contribution is 5.99. The molecular weight excluding hydrogens is 338 g/mol. The number of hydrogen-bond donors (Lipinski definition) is 0. The molecule has 1 aromatic carbocycles. The number of benzene rings is 1. The smallest absolute Gasteiger partial charge is 0.259 e. The molecule has 0 unspecified atom stereocenters. The van der Waals surface area contributed by atoms with Crippen molar-refractivity contribution in [1.82, 2.24) is 24.4 Å². The van der Waals surface area contributed by atoms with Gasteiger partial charge in [0.25, 0.3) is 5.91 Å². The minimum atomic E-state index is 0.0257. The van der Waals surface area contributed by atoms with Crippen LogP contribution >= 0.6 is 0 Å². The lowest BCUT2D eigenvalue weighted by molar-refractivity contribution is 0.0630. The van der Waals surface area contributed by atoms with Crippen molar-refractivity contribution in [1.29, 1.82) is 0 Å². The van der Waals surface area contributed by atoms with Crippen molar-refractivity contribution < 1.29 is 4.79 Å². The van der Waals surface area contributed by atoms with Gasteiger partial charge in [-0.25, -0.2) is 9.50 Å². The van der Waals surface area contributed by atoms with E-state index in [1.54, 1.807) is 10.7 Å². The van der Waals surface area contributed by atoms with E-state index in [-0.39, 0.29) is 5.91 Å². The minimum Gasteiger partial charge on any atom is -0.336 e. The number of hydrogen-bond acceptors (Lipinski definition) is 4. The average molecular weight is 363 g/mol. The SMILES string of the molecule is Cc1cccc(CN2CCN(C(=O)c3cnn4c(C)cc(C)nc34)CC2)c1. The first-order valence-electron chi connectivity index (χ1n) is 9.40. The van der Waals surface area contributed by atoms with Crippen LogP contribution in [0.15, 0.2) is 36.5 Å². The second-order valence-corrected chi connectivity index (χ2v) is 7.39. The number of carbonyl (C=O) groups is 1. The van der Waals surface area contributed by atoms with Crippen LogP contribution in [0.25, 0.3) is 5.65 Å². The summed E-state index contributed by atoms with van der Waals surface area (Å²) in [5.74, 6) is 0.0257. The van der Waals surface area contributed by atoms with Gasteiger partial charge in [-0.2, -0.15) is 5.10 Å². The van der Waals surface area contributed by atoms with Gasteiger partial charge in [-0.05, 0) is 32.4 Å². The monoisotopic (exact) mass is 363 g/mol. The molecule has 3 aromatic rings. The third-order valence-electron chi connectivity index (χ3n) is 5.16. The summed E-state index contributed by atoms with van der Waals surface area (Å²) in [5.41, 5.74) is 5.74. The molecule has 0 N–H and O–H groups in total. The zero-order valence-electron chi connectivity index (χ0n) is 16.1. The molecule has 0 saturated carbocycles. The summed E-state index contributed by atoms with van der Waals surface area (Å²) < 4.78 is 1.74. The van der Waals surface area contributed by atoms with E-state index >= 15 is 0 Å². The van der Waals surface area contributed by atoms with Crippen LogP contribution in [0.3, 0.4) is 0 Å². The summed E-state index contributed by atoms with van der Waals surface area (Å²) in [5, 5.41) is 4.35. The summed E-state index contributed by atoms with van der Waals surface area (Å²) in [4.78, 5) is 21.9. The summed E-state index contributed by atoms with van der Waals surface area (Å²) in [6.45, 7) is 10.2. The van der Waals surface area contributed by atoms with Gasteiger partial charge in [-0.15, -0.1) is 0 Å². The Morgan fingerprint density at radius 1 is 1.07 bits per heavy atom. The van der Waals surface area contributed by atoms with Crippen LogP contribution in [-0.2, 0) is 6.54 Å². The van der Waals surface area contributed by atoms with E-state index in [1.165, 1.54) is 11.1 Å². The molecule has 27 heavy (non-hydrogen) atoms. The third kappa shape index (κ3) is 3.57. The van der Waals surface area contributed by atoms with Gasteiger partial charge in [-0.1, -0.05) is 29.8 Å². The van der Waals surface area contributed by atoms with Crippen molar-refractivity contribution in [3.63, 3.8) is 0 Å². The van der Waals surface area contributed by atoms with Crippen molar-refractivity contribution in [3.05, 3.63) is 64.6 Å². The van der Waals surface area contributed by atoms with Crippen LogP contribution in [0.1, 0.15) is 32.9 Å². The maximum atomic E-state index is 13.0. The number of aromatic nitrogens is 3. The van der Waals surface area contributed by atoms with E-state index in [2.05, 4.69) is 46.2 Å². The number of amides is 1. The number of piperazine rings is 1. The summed E-state index contributed by atoms with van der Waals surface area (Å²) in [6, 6.07) is 10.6. The zero-order chi connectivity index (χ0) is 19.0. The summed E-state index contributed by atoms with van der Waals surface area (Å²) in [6.07, 6.45) is 1.65. The Morgan fingerprint density at radius 2 is 1.85 bits per heavy atom. The van der Waals surface area contributed by atoms with Gasteiger partial charge in [0.15, 0.2) is 5.65 Å². The highest BCUT2D eigenvalue weighted by Crippen LogP contribution is 2.16. The van der Waals surface area contributed by atoms with E-state index in [4.69, 9.17) is 0 Å². The molecule has 3 heterocycles. The second kappa shape index (κ2) is 7.12. The lowest BCUT2D eigenvalue weighted by atomic mass is 10.1. The van der Waals surface area contributed by atoms with Crippen molar-refractivity contribution >= 4 is 11.6 Å². The molecule has 0 bridgehead atoms. The van der Waals surface area contributed by atoms with Crippen LogP contribution in [0.2, 0.25) is 0 Å². The largest absolute Gasteiger partial charge is 0.336 e. The predicted molar refractivity (Wildman–Crippen MR) is 105 cm³/mol. The fraction of sp³-hybridized carbons (Fsp3) is 0.381. The first-order chi connectivity index (χ1) is 13.0. The molecule has 1 saturated heterocycles. The Morgan fingerprint density at radius 3 is 2.59 bits per heavy atom. The number of aryl methyl sites for hydroxylation is 3. The number of rotatable bonds is 3. The topological polar surface area (TPSA) is 53.7 Å². The molecule has 1 amide bonds. The Labute approximate surface area is 159 Å². The molecular formula is C21H25N5O. The van der Waals surface area contributed by atoms with Crippen molar-refractivity contribution in [2.75, 3.05) is 26.2 Å². The van der Waals surface area contributed by atoms with Crippen LogP contribution in [-0.4, -0.2) is 56.5 Å². The molecule has 0 atom stereocenters. The third-order valence-corrected chi connectivity index (χ3v) is 5.16. The second-order valence-electron chi connectivity index (χ2n) is 7.39. The lowest BCUT2D eigenvalue weighted by Crippen LogP contribution is -2.48. The van der Waals surface area contributed by atoms with Crippen LogP contribution in [0.4, 0.5) is 0 Å². The zero-order valence-corrected chi connectivity index (χ0v) is 16.1. The molecule has 1 aliphatic heterocycles. The van der Waals surface area contributed by atoms with E-state index < -0.39 is 0 Å². The maximum absolute atomic E-state index is 13.0. The lowest BCUT2D eigenvalue weighted by Gasteiger charge is -2.34. The highest BCUT2D eigenvalue weighted by Gasteiger charge is 2.25. The summed E-state index contributed by atoms with van der Waals surface area (Å²) in [7, 11) is 0. The van der Waals surface area contributed by atoms with Gasteiger partial charge in [0.1, 0.15) is 5.56 Å². The average Bonchev–Trinajstić information content (AvgIpc) is 3.06. The molecule has 4 rings (SSSR count). The van der Waals surface area contributed by atoms with Gasteiger partial charge in [0, 0.05) is 44.1 Å². The molecule has 0 spiro atoms. The van der Waals surface area contributed by atoms with E-state index in [0.29, 0.717) is 11.2 Å². The predicted octanol–water partition coefficient (Wildman–Crippen LogP) is 2.61. The van der Waals surface area contributed by atoms with Crippen LogP contribution < -0.4 is 0 Å². The molecule has 6 nitrogen and oxygen atoms in total. The number of nitrogens with zero attached hydrogens (tertiary/aromatic N) is 5. The number of fused-ring (bicyclic) bond motifs is 1. The van der Waals surface area contributed by atoms with E-state index in [9.17, 15) is 4.79 Å². The Kier molecular flexibility index (Phi) is 4.66. The van der Waals surface area contributed by atoms with Gasteiger partial charge in [0.2, 0.25) is 0 Å². The Balaban J connectivity index is 1.45. The quantitative estimate of drug-likeness (QED) is 0.718. The van der Waals surface area contributed by atoms with Crippen LogP contribution in [0.5, 0.6) is 0 Å². The van der Waals surface area contributed by atoms with Gasteiger partial charge in [-0.3, -0.25) is 9.69 Å². The van der Waals surface area contributed by atoms with Gasteiger partial charge in [0.05, 0.1) is 6.20 Å². The van der Waals surface area contributed by atoms with Gasteiger partial charge < -0.3 is 4.90 Å². The molecule has 6 heteroatoms. The van der Waals surface area contributed by atoms with Gasteiger partial charge >= 0.3 is 0 Å². The first-order valence-corrected chi connectivity index (χ1v) is 9.40. The molecule has 0 aliphatic carbocycles. The molecule has 1 fully saturated rings. The molecule has 0 radical (unpaired) electrons. The normalized spacial score (nSPS) is 15.4. The molecule has 140 valence electrons. The Hall–Kier alpha value is -2.73. The minimum absolute atomic E-state index is 0.0257. The molecule has 2 aromatic heterocycles. The maximum Gasteiger partial charge on any atom is 0.259 e. The fourth-order valence-corrected chi connectivity index (χ4v) is 3.77. The van der Waals surface area contributed by atoms with Crippen LogP contribution in [0, 0.1) is 20.8 Å². The van der Waals surface area contributed by atoms with Crippen molar-refractivity contribution in [3.8, 4) is 0 Å². The standard InChI is InChI=1S/C21H25N5O/c1-15-5-4-6-18(11-15)14-24-7-9-25(10-8-24)21(27)19-13-22-26-17(3)12-16(2)23-20(19)26/h4-6,11-13H,7-10,14H2,1-3H3. The van der Waals surface area contributed by atoms with E-state index in [1.807, 2.05) is 24.8 Å². The van der Waals surface area contributed by atoms with Crippen molar-refractivity contribution in [2.45, 2.75) is 27.3 Å². The fourth-order valence-electron chi connectivity index (χ4n) is 3.77. The summed E-state index contributed by atoms with van der Waals surface area (Å²) >= 11 is 0. The number of carbonyl (C=O) groups excluding carboxylic acids is 1. The van der Waals surface area contributed by atoms with E-state index in [0.717, 1.165) is 44.1 Å².